The van der Waals surface area contributed by atoms with Crippen molar-refractivity contribution in [1.29, 1.82) is 0 Å². The van der Waals surface area contributed by atoms with Crippen LogP contribution >= 0.6 is 0 Å². The Morgan fingerprint density at radius 2 is 1.73 bits per heavy atom. The maximum absolute atomic E-state index is 5.69. The van der Waals surface area contributed by atoms with Crippen molar-refractivity contribution < 1.29 is 9.47 Å². The highest BCUT2D eigenvalue weighted by molar-refractivity contribution is 4.58. The van der Waals surface area contributed by atoms with Crippen LogP contribution in [0.5, 0.6) is 0 Å². The van der Waals surface area contributed by atoms with Crippen LogP contribution in [0.25, 0.3) is 0 Å². The summed E-state index contributed by atoms with van der Waals surface area (Å²) in [5, 5.41) is 0. The SMILES string of the molecule is CCCCCC(N)(OC)OC. The van der Waals surface area contributed by atoms with Crippen LogP contribution in [0.3, 0.4) is 0 Å². The van der Waals surface area contributed by atoms with Crippen molar-refractivity contribution in [3.63, 3.8) is 0 Å². The lowest BCUT2D eigenvalue weighted by molar-refractivity contribution is -0.207. The van der Waals surface area contributed by atoms with Gasteiger partial charge in [-0.1, -0.05) is 19.8 Å². The minimum absolute atomic E-state index is 0.758. The van der Waals surface area contributed by atoms with Gasteiger partial charge >= 0.3 is 0 Å². The number of rotatable bonds is 6. The predicted molar refractivity (Wildman–Crippen MR) is 45.1 cm³/mol. The number of hydrogen-bond acceptors (Lipinski definition) is 3. The zero-order valence-electron chi connectivity index (χ0n) is 7.72. The molecule has 0 aromatic heterocycles. The molecule has 11 heavy (non-hydrogen) atoms. The molecule has 0 aromatic rings. The van der Waals surface area contributed by atoms with Gasteiger partial charge in [-0.05, 0) is 6.42 Å². The van der Waals surface area contributed by atoms with Crippen molar-refractivity contribution in [3.05, 3.63) is 0 Å². The Labute approximate surface area is 68.9 Å². The summed E-state index contributed by atoms with van der Waals surface area (Å²) in [5.74, 6) is -0.866. The van der Waals surface area contributed by atoms with Gasteiger partial charge in [0.2, 0.25) is 5.91 Å². The Balaban J connectivity index is 3.51. The third-order valence-electron chi connectivity index (χ3n) is 1.82. The van der Waals surface area contributed by atoms with E-state index in [-0.39, 0.29) is 0 Å². The maximum Gasteiger partial charge on any atom is 0.224 e. The van der Waals surface area contributed by atoms with Crippen molar-refractivity contribution in [2.45, 2.75) is 38.5 Å². The average molecular weight is 161 g/mol. The Morgan fingerprint density at radius 1 is 1.18 bits per heavy atom. The molecule has 0 saturated heterocycles. The molecule has 0 atom stereocenters. The largest absolute Gasteiger partial charge is 0.341 e. The number of unbranched alkanes of at least 4 members (excludes halogenated alkanes) is 2. The Morgan fingerprint density at radius 3 is 2.09 bits per heavy atom. The molecular formula is C8H19NO2. The summed E-state index contributed by atoms with van der Waals surface area (Å²) in [7, 11) is 3.13. The van der Waals surface area contributed by atoms with E-state index in [1.807, 2.05) is 0 Å². The minimum Gasteiger partial charge on any atom is -0.341 e. The van der Waals surface area contributed by atoms with Gasteiger partial charge in [-0.15, -0.1) is 0 Å². The Hall–Kier alpha value is -0.120. The van der Waals surface area contributed by atoms with Gasteiger partial charge in [0, 0.05) is 20.6 Å². The average Bonchev–Trinajstić information content (AvgIpc) is 2.05. The molecule has 0 bridgehead atoms. The summed E-state index contributed by atoms with van der Waals surface area (Å²) in [4.78, 5) is 0. The molecule has 0 saturated carbocycles. The Kier molecular flexibility index (Phi) is 5.46. The van der Waals surface area contributed by atoms with E-state index in [9.17, 15) is 0 Å². The fourth-order valence-corrected chi connectivity index (χ4v) is 0.909. The summed E-state index contributed by atoms with van der Waals surface area (Å²) in [6.45, 7) is 2.15. The van der Waals surface area contributed by atoms with Crippen molar-refractivity contribution in [2.24, 2.45) is 5.73 Å². The van der Waals surface area contributed by atoms with Crippen LogP contribution in [0.2, 0.25) is 0 Å². The lowest BCUT2D eigenvalue weighted by Crippen LogP contribution is -2.43. The van der Waals surface area contributed by atoms with Crippen molar-refractivity contribution in [1.82, 2.24) is 0 Å². The van der Waals surface area contributed by atoms with E-state index in [0.29, 0.717) is 0 Å². The van der Waals surface area contributed by atoms with Crippen LogP contribution in [0.4, 0.5) is 0 Å². The first kappa shape index (κ1) is 10.9. The summed E-state index contributed by atoms with van der Waals surface area (Å²) in [6, 6.07) is 0. The second kappa shape index (κ2) is 5.52. The summed E-state index contributed by atoms with van der Waals surface area (Å²) in [6.07, 6.45) is 4.16. The maximum atomic E-state index is 5.69. The van der Waals surface area contributed by atoms with Crippen LogP contribution in [0.15, 0.2) is 0 Å². The molecule has 68 valence electrons. The van der Waals surface area contributed by atoms with Crippen LogP contribution < -0.4 is 5.73 Å². The van der Waals surface area contributed by atoms with E-state index in [1.165, 1.54) is 12.8 Å². The Bertz CT molecular complexity index is 92.1. The van der Waals surface area contributed by atoms with Crippen LogP contribution in [0.1, 0.15) is 32.6 Å². The molecule has 0 unspecified atom stereocenters. The minimum atomic E-state index is -0.866. The summed E-state index contributed by atoms with van der Waals surface area (Å²) < 4.78 is 9.98. The van der Waals surface area contributed by atoms with Crippen LogP contribution in [-0.4, -0.2) is 20.1 Å². The fraction of sp³-hybridized carbons (Fsp3) is 1.00. The molecule has 0 aliphatic carbocycles. The molecular weight excluding hydrogens is 142 g/mol. The molecule has 0 fully saturated rings. The van der Waals surface area contributed by atoms with Gasteiger partial charge in [0.25, 0.3) is 0 Å². The molecule has 3 heteroatoms. The summed E-state index contributed by atoms with van der Waals surface area (Å²) >= 11 is 0. The van der Waals surface area contributed by atoms with Crippen LogP contribution in [-0.2, 0) is 9.47 Å². The third-order valence-corrected chi connectivity index (χ3v) is 1.82. The van der Waals surface area contributed by atoms with Gasteiger partial charge < -0.3 is 9.47 Å². The molecule has 3 nitrogen and oxygen atoms in total. The topological polar surface area (TPSA) is 44.5 Å². The smallest absolute Gasteiger partial charge is 0.224 e. The molecule has 0 aromatic carbocycles. The van der Waals surface area contributed by atoms with Gasteiger partial charge in [0.05, 0.1) is 0 Å². The van der Waals surface area contributed by atoms with E-state index >= 15 is 0 Å². The van der Waals surface area contributed by atoms with Crippen molar-refractivity contribution in [2.75, 3.05) is 14.2 Å². The normalized spacial score (nSPS) is 12.0. The molecule has 0 aliphatic heterocycles. The quantitative estimate of drug-likeness (QED) is 0.474. The zero-order valence-corrected chi connectivity index (χ0v) is 7.72. The lowest BCUT2D eigenvalue weighted by Gasteiger charge is -2.25. The monoisotopic (exact) mass is 161 g/mol. The highest BCUT2D eigenvalue weighted by Crippen LogP contribution is 2.13. The van der Waals surface area contributed by atoms with E-state index in [1.54, 1.807) is 14.2 Å². The van der Waals surface area contributed by atoms with Gasteiger partial charge in [-0.3, -0.25) is 5.73 Å². The highest BCUT2D eigenvalue weighted by Gasteiger charge is 2.21. The summed E-state index contributed by atoms with van der Waals surface area (Å²) in [5.41, 5.74) is 5.69. The number of ether oxygens (including phenoxy) is 2. The predicted octanol–water partition coefficient (Wildman–Crippen LogP) is 1.47. The first-order valence-corrected chi connectivity index (χ1v) is 4.07. The van der Waals surface area contributed by atoms with Gasteiger partial charge in [0.15, 0.2) is 0 Å². The number of methoxy groups -OCH3 is 2. The third kappa shape index (κ3) is 4.35. The van der Waals surface area contributed by atoms with E-state index < -0.39 is 5.91 Å². The van der Waals surface area contributed by atoms with Crippen molar-refractivity contribution >= 4 is 0 Å². The van der Waals surface area contributed by atoms with Crippen LogP contribution in [0, 0.1) is 0 Å². The molecule has 0 rings (SSSR count). The molecule has 0 heterocycles. The standard InChI is InChI=1S/C8H19NO2/c1-4-5-6-7-8(9,10-2)11-3/h4-7,9H2,1-3H3. The molecule has 0 aliphatic rings. The molecule has 0 spiro atoms. The molecule has 0 radical (unpaired) electrons. The molecule has 0 amide bonds. The van der Waals surface area contributed by atoms with E-state index in [4.69, 9.17) is 15.2 Å². The zero-order chi connectivity index (χ0) is 8.74. The van der Waals surface area contributed by atoms with Gasteiger partial charge in [-0.2, -0.15) is 0 Å². The number of hydrogen-bond donors (Lipinski definition) is 1. The second-order valence-corrected chi connectivity index (χ2v) is 2.68. The van der Waals surface area contributed by atoms with Gasteiger partial charge in [0.1, 0.15) is 0 Å². The lowest BCUT2D eigenvalue weighted by atomic mass is 10.2. The molecule has 2 N–H and O–H groups in total. The van der Waals surface area contributed by atoms with E-state index in [2.05, 4.69) is 6.92 Å². The highest BCUT2D eigenvalue weighted by atomic mass is 16.7. The fourth-order valence-electron chi connectivity index (χ4n) is 0.909. The first-order chi connectivity index (χ1) is 5.18. The van der Waals surface area contributed by atoms with E-state index in [0.717, 1.165) is 12.8 Å². The second-order valence-electron chi connectivity index (χ2n) is 2.68. The van der Waals surface area contributed by atoms with Gasteiger partial charge in [-0.25, -0.2) is 0 Å². The van der Waals surface area contributed by atoms with Crippen molar-refractivity contribution in [3.8, 4) is 0 Å². The first-order valence-electron chi connectivity index (χ1n) is 4.07. The number of nitrogens with two attached hydrogens (primary N) is 1.